The summed E-state index contributed by atoms with van der Waals surface area (Å²) in [5.41, 5.74) is 5.36. The molecule has 1 heterocycles. The van der Waals surface area contributed by atoms with Crippen LogP contribution in [0.5, 0.6) is 0 Å². The molecule has 0 spiro atoms. The van der Waals surface area contributed by atoms with Crippen molar-refractivity contribution in [3.05, 3.63) is 34.4 Å². The van der Waals surface area contributed by atoms with E-state index in [1.807, 2.05) is 0 Å². The quantitative estimate of drug-likeness (QED) is 0.864. The molecule has 1 saturated heterocycles. The van der Waals surface area contributed by atoms with Crippen molar-refractivity contribution in [3.8, 4) is 0 Å². The van der Waals surface area contributed by atoms with Gasteiger partial charge < -0.3 is 0 Å². The molecule has 6 heteroatoms. The van der Waals surface area contributed by atoms with E-state index in [0.717, 1.165) is 32.5 Å². The fourth-order valence-electron chi connectivity index (χ4n) is 3.38. The largest absolute Gasteiger partial charge is 0.299 e. The third-order valence-corrected chi connectivity index (χ3v) is 4.97. The Labute approximate surface area is 134 Å². The lowest BCUT2D eigenvalue weighted by molar-refractivity contribution is 0.168. The van der Waals surface area contributed by atoms with Crippen molar-refractivity contribution < 1.29 is 8.42 Å². The number of benzene rings is 1. The zero-order valence-electron chi connectivity index (χ0n) is 13.7. The van der Waals surface area contributed by atoms with Gasteiger partial charge in [-0.3, -0.25) is 4.90 Å². The van der Waals surface area contributed by atoms with E-state index >= 15 is 0 Å². The Kier molecular flexibility index (Phi) is 5.60. The predicted octanol–water partition coefficient (Wildman–Crippen LogP) is 1.62. The molecule has 22 heavy (non-hydrogen) atoms. The Morgan fingerprint density at radius 1 is 1.27 bits per heavy atom. The average molecular weight is 325 g/mol. The van der Waals surface area contributed by atoms with E-state index in [2.05, 4.69) is 42.5 Å². The number of aryl methyl sites for hydroxylation is 3. The lowest BCUT2D eigenvalue weighted by atomic mass is 9.95. The van der Waals surface area contributed by atoms with E-state index in [-0.39, 0.29) is 0 Å². The van der Waals surface area contributed by atoms with Crippen molar-refractivity contribution in [2.45, 2.75) is 40.2 Å². The van der Waals surface area contributed by atoms with Crippen LogP contribution >= 0.6 is 0 Å². The third kappa shape index (κ3) is 5.05. The standard InChI is InChI=1S/C16H27N3O2S/c1-12-7-13(2)16(14(3)8-12)11-19-6-4-5-15(10-19)9-18-22(17,20)21/h7-8,15,18H,4-6,9-11H2,1-3H3,(H2,17,20,21)/t15-/m1/s1. The Bertz CT molecular complexity index is 605. The molecule has 1 aromatic rings. The summed E-state index contributed by atoms with van der Waals surface area (Å²) in [6, 6.07) is 4.46. The minimum Gasteiger partial charge on any atom is -0.299 e. The predicted molar refractivity (Wildman–Crippen MR) is 89.8 cm³/mol. The van der Waals surface area contributed by atoms with Gasteiger partial charge in [-0.25, -0.2) is 9.86 Å². The van der Waals surface area contributed by atoms with E-state index in [0.29, 0.717) is 12.5 Å². The normalized spacial score (nSPS) is 20.3. The Morgan fingerprint density at radius 2 is 1.91 bits per heavy atom. The van der Waals surface area contributed by atoms with E-state index in [1.54, 1.807) is 0 Å². The van der Waals surface area contributed by atoms with Gasteiger partial charge in [-0.15, -0.1) is 0 Å². The first-order chi connectivity index (χ1) is 10.2. The molecule has 0 unspecified atom stereocenters. The first kappa shape index (κ1) is 17.4. The van der Waals surface area contributed by atoms with Crippen molar-refractivity contribution in [1.82, 2.24) is 9.62 Å². The topological polar surface area (TPSA) is 75.4 Å². The highest BCUT2D eigenvalue weighted by molar-refractivity contribution is 7.87. The summed E-state index contributed by atoms with van der Waals surface area (Å²) < 4.78 is 24.5. The second-order valence-electron chi connectivity index (χ2n) is 6.51. The van der Waals surface area contributed by atoms with Gasteiger partial charge in [-0.05, 0) is 62.8 Å². The maximum absolute atomic E-state index is 11.0. The van der Waals surface area contributed by atoms with Crippen LogP contribution < -0.4 is 9.86 Å². The molecular weight excluding hydrogens is 298 g/mol. The molecule has 124 valence electrons. The first-order valence-electron chi connectivity index (χ1n) is 7.81. The zero-order chi connectivity index (χ0) is 16.3. The third-order valence-electron chi connectivity index (χ3n) is 4.40. The summed E-state index contributed by atoms with van der Waals surface area (Å²) in [5, 5.41) is 5.01. The van der Waals surface area contributed by atoms with Crippen molar-refractivity contribution >= 4 is 10.2 Å². The smallest absolute Gasteiger partial charge is 0.274 e. The molecule has 0 aliphatic carbocycles. The summed E-state index contributed by atoms with van der Waals surface area (Å²) in [6.07, 6.45) is 2.14. The van der Waals surface area contributed by atoms with Crippen LogP contribution in [-0.4, -0.2) is 33.0 Å². The summed E-state index contributed by atoms with van der Waals surface area (Å²) in [5.74, 6) is 0.332. The van der Waals surface area contributed by atoms with Crippen LogP contribution in [0.1, 0.15) is 35.1 Å². The van der Waals surface area contributed by atoms with Gasteiger partial charge in [0, 0.05) is 19.6 Å². The molecule has 1 aliphatic rings. The molecule has 1 aromatic carbocycles. The molecule has 0 aromatic heterocycles. The summed E-state index contributed by atoms with van der Waals surface area (Å²) in [6.45, 7) is 9.80. The number of nitrogens with one attached hydrogen (secondary N) is 1. The highest BCUT2D eigenvalue weighted by Gasteiger charge is 2.21. The Morgan fingerprint density at radius 3 is 2.50 bits per heavy atom. The molecule has 3 N–H and O–H groups in total. The fraction of sp³-hybridized carbons (Fsp3) is 0.625. The molecule has 0 amide bonds. The maximum atomic E-state index is 11.0. The lowest BCUT2D eigenvalue weighted by Crippen LogP contribution is -2.42. The van der Waals surface area contributed by atoms with Crippen LogP contribution in [0.4, 0.5) is 0 Å². The number of rotatable bonds is 5. The van der Waals surface area contributed by atoms with Crippen LogP contribution in [0.3, 0.4) is 0 Å². The van der Waals surface area contributed by atoms with Gasteiger partial charge in [0.25, 0.3) is 10.2 Å². The molecule has 1 aliphatic heterocycles. The molecule has 1 fully saturated rings. The van der Waals surface area contributed by atoms with E-state index < -0.39 is 10.2 Å². The number of nitrogens with zero attached hydrogens (tertiary/aromatic N) is 1. The fourth-order valence-corrected chi connectivity index (χ4v) is 3.85. The molecular formula is C16H27N3O2S. The Hall–Kier alpha value is -0.950. The summed E-state index contributed by atoms with van der Waals surface area (Å²) >= 11 is 0. The number of nitrogens with two attached hydrogens (primary N) is 1. The van der Waals surface area contributed by atoms with Crippen molar-refractivity contribution in [1.29, 1.82) is 0 Å². The van der Waals surface area contributed by atoms with Crippen LogP contribution in [-0.2, 0) is 16.8 Å². The van der Waals surface area contributed by atoms with E-state index in [4.69, 9.17) is 5.14 Å². The number of piperidine rings is 1. The van der Waals surface area contributed by atoms with Gasteiger partial charge in [-0.1, -0.05) is 17.7 Å². The van der Waals surface area contributed by atoms with Gasteiger partial charge in [0.2, 0.25) is 0 Å². The minimum absolute atomic E-state index is 0.332. The molecule has 2 rings (SSSR count). The molecule has 0 bridgehead atoms. The highest BCUT2D eigenvalue weighted by atomic mass is 32.2. The lowest BCUT2D eigenvalue weighted by Gasteiger charge is -2.33. The Balaban J connectivity index is 1.99. The van der Waals surface area contributed by atoms with Gasteiger partial charge in [0.05, 0.1) is 0 Å². The highest BCUT2D eigenvalue weighted by Crippen LogP contribution is 2.22. The van der Waals surface area contributed by atoms with Crippen LogP contribution in [0.25, 0.3) is 0 Å². The second kappa shape index (κ2) is 7.08. The van der Waals surface area contributed by atoms with Gasteiger partial charge in [0.15, 0.2) is 0 Å². The van der Waals surface area contributed by atoms with Crippen molar-refractivity contribution in [2.24, 2.45) is 11.1 Å². The number of hydrogen-bond donors (Lipinski definition) is 2. The minimum atomic E-state index is -3.59. The van der Waals surface area contributed by atoms with Crippen LogP contribution in [0.15, 0.2) is 12.1 Å². The molecule has 0 radical (unpaired) electrons. The van der Waals surface area contributed by atoms with Gasteiger partial charge >= 0.3 is 0 Å². The van der Waals surface area contributed by atoms with E-state index in [1.165, 1.54) is 22.3 Å². The molecule has 1 atom stereocenters. The van der Waals surface area contributed by atoms with Gasteiger partial charge in [0.1, 0.15) is 0 Å². The monoisotopic (exact) mass is 325 g/mol. The maximum Gasteiger partial charge on any atom is 0.274 e. The average Bonchev–Trinajstić information content (AvgIpc) is 2.40. The van der Waals surface area contributed by atoms with E-state index in [9.17, 15) is 8.42 Å². The van der Waals surface area contributed by atoms with Crippen LogP contribution in [0, 0.1) is 26.7 Å². The van der Waals surface area contributed by atoms with Crippen molar-refractivity contribution in [3.63, 3.8) is 0 Å². The number of hydrogen-bond acceptors (Lipinski definition) is 3. The second-order valence-corrected chi connectivity index (χ2v) is 7.89. The first-order valence-corrected chi connectivity index (χ1v) is 9.35. The number of likely N-dealkylation sites (tertiary alicyclic amines) is 1. The van der Waals surface area contributed by atoms with Crippen molar-refractivity contribution in [2.75, 3.05) is 19.6 Å². The summed E-state index contributed by atoms with van der Waals surface area (Å²) in [7, 11) is -3.59. The SMILES string of the molecule is Cc1cc(C)c(CN2CCC[C@H](CNS(N)(=O)=O)C2)c(C)c1. The molecule has 5 nitrogen and oxygen atoms in total. The molecule has 0 saturated carbocycles. The zero-order valence-corrected chi connectivity index (χ0v) is 14.5. The van der Waals surface area contributed by atoms with Crippen LogP contribution in [0.2, 0.25) is 0 Å². The summed E-state index contributed by atoms with van der Waals surface area (Å²) in [4.78, 5) is 2.42. The van der Waals surface area contributed by atoms with Gasteiger partial charge in [-0.2, -0.15) is 8.42 Å².